The van der Waals surface area contributed by atoms with E-state index in [9.17, 15) is 8.78 Å². The number of rotatable bonds is 2. The van der Waals surface area contributed by atoms with Crippen LogP contribution < -0.4 is 11.1 Å². The summed E-state index contributed by atoms with van der Waals surface area (Å²) in [6, 6.07) is 3.41. The molecule has 0 amide bonds. The summed E-state index contributed by atoms with van der Waals surface area (Å²) >= 11 is 0. The third-order valence-corrected chi connectivity index (χ3v) is 5.56. The molecule has 4 bridgehead atoms. The molecule has 118 valence electrons. The van der Waals surface area contributed by atoms with Crippen molar-refractivity contribution in [3.8, 4) is 0 Å². The quantitative estimate of drug-likeness (QED) is 0.647. The van der Waals surface area contributed by atoms with Gasteiger partial charge in [-0.2, -0.15) is 0 Å². The van der Waals surface area contributed by atoms with Gasteiger partial charge in [-0.05, 0) is 68.4 Å². The summed E-state index contributed by atoms with van der Waals surface area (Å²) in [5, 5.41) is 2.80. The van der Waals surface area contributed by atoms with Crippen molar-refractivity contribution in [1.29, 1.82) is 0 Å². The fraction of sp³-hybridized carbons (Fsp3) is 0.588. The highest BCUT2D eigenvalue weighted by molar-refractivity contribution is 5.92. The van der Waals surface area contributed by atoms with Gasteiger partial charge in [0.05, 0.1) is 11.2 Å². The van der Waals surface area contributed by atoms with Gasteiger partial charge < -0.3 is 11.1 Å². The molecular formula is C17H21F2N3. The van der Waals surface area contributed by atoms with Crippen LogP contribution in [0.3, 0.4) is 0 Å². The predicted molar refractivity (Wildman–Crippen MR) is 82.5 cm³/mol. The highest BCUT2D eigenvalue weighted by Gasteiger charge is 2.51. The Balaban J connectivity index is 1.54. The summed E-state index contributed by atoms with van der Waals surface area (Å²) in [7, 11) is 0. The van der Waals surface area contributed by atoms with Gasteiger partial charge in [0.25, 0.3) is 0 Å². The van der Waals surface area contributed by atoms with E-state index in [-0.39, 0.29) is 17.2 Å². The minimum absolute atomic E-state index is 0.0532. The van der Waals surface area contributed by atoms with Crippen molar-refractivity contribution in [2.75, 3.05) is 5.32 Å². The van der Waals surface area contributed by atoms with Crippen LogP contribution >= 0.6 is 0 Å². The first-order valence-corrected chi connectivity index (χ1v) is 8.09. The molecule has 0 aromatic heterocycles. The summed E-state index contributed by atoms with van der Waals surface area (Å²) in [6.45, 7) is 0. The number of aliphatic imine (C=N–C) groups is 1. The molecule has 1 aromatic rings. The molecule has 4 saturated carbocycles. The van der Waals surface area contributed by atoms with Gasteiger partial charge in [0.2, 0.25) is 0 Å². The summed E-state index contributed by atoms with van der Waals surface area (Å²) in [6.07, 6.45) is 7.34. The smallest absolute Gasteiger partial charge is 0.193 e. The van der Waals surface area contributed by atoms with E-state index in [1.165, 1.54) is 31.4 Å². The maximum Gasteiger partial charge on any atom is 0.193 e. The van der Waals surface area contributed by atoms with Gasteiger partial charge in [-0.15, -0.1) is 0 Å². The number of nitrogens with one attached hydrogen (secondary N) is 1. The van der Waals surface area contributed by atoms with Gasteiger partial charge in [0, 0.05) is 6.07 Å². The predicted octanol–water partition coefficient (Wildman–Crippen LogP) is 3.66. The molecule has 22 heavy (non-hydrogen) atoms. The van der Waals surface area contributed by atoms with Crippen LogP contribution in [0, 0.1) is 29.4 Å². The topological polar surface area (TPSA) is 50.4 Å². The number of hydrogen-bond acceptors (Lipinski definition) is 1. The highest BCUT2D eigenvalue weighted by atomic mass is 19.1. The van der Waals surface area contributed by atoms with Gasteiger partial charge in [0.15, 0.2) is 5.96 Å². The zero-order chi connectivity index (χ0) is 15.3. The van der Waals surface area contributed by atoms with E-state index in [1.54, 1.807) is 0 Å². The van der Waals surface area contributed by atoms with Crippen molar-refractivity contribution in [1.82, 2.24) is 0 Å². The summed E-state index contributed by atoms with van der Waals surface area (Å²) in [5.41, 5.74) is 6.13. The Morgan fingerprint density at radius 2 is 1.68 bits per heavy atom. The number of benzene rings is 1. The molecular weight excluding hydrogens is 284 g/mol. The van der Waals surface area contributed by atoms with E-state index < -0.39 is 11.6 Å². The van der Waals surface area contributed by atoms with Crippen LogP contribution in [0.5, 0.6) is 0 Å². The molecule has 5 heteroatoms. The normalized spacial score (nSPS) is 36.6. The fourth-order valence-corrected chi connectivity index (χ4v) is 5.21. The molecule has 4 fully saturated rings. The average Bonchev–Trinajstić information content (AvgIpc) is 2.39. The van der Waals surface area contributed by atoms with Crippen LogP contribution in [0.15, 0.2) is 23.2 Å². The third kappa shape index (κ3) is 2.46. The first-order chi connectivity index (χ1) is 10.5. The van der Waals surface area contributed by atoms with Crippen molar-refractivity contribution in [3.63, 3.8) is 0 Å². The average molecular weight is 305 g/mol. The van der Waals surface area contributed by atoms with Crippen molar-refractivity contribution in [2.24, 2.45) is 28.5 Å². The molecule has 0 aliphatic heterocycles. The van der Waals surface area contributed by atoms with Gasteiger partial charge >= 0.3 is 0 Å². The van der Waals surface area contributed by atoms with Crippen molar-refractivity contribution in [2.45, 2.75) is 44.1 Å². The maximum atomic E-state index is 13.7. The lowest BCUT2D eigenvalue weighted by molar-refractivity contribution is 0.00163. The van der Waals surface area contributed by atoms with Gasteiger partial charge in [-0.25, -0.2) is 13.8 Å². The molecule has 4 aliphatic carbocycles. The maximum absolute atomic E-state index is 13.7. The number of guanidine groups is 1. The Kier molecular flexibility index (Phi) is 3.13. The van der Waals surface area contributed by atoms with Crippen LogP contribution in [-0.4, -0.2) is 11.5 Å². The standard InChI is InChI=1S/C17H21F2N3/c18-13-1-2-15(14(19)6-13)21-16(20)22-17-7-10-3-11(8-17)5-12(4-10)9-17/h1-2,6,10-12H,3-5,7-9H2,(H3,20,21,22). The summed E-state index contributed by atoms with van der Waals surface area (Å²) in [5.74, 6) is 1.34. The van der Waals surface area contributed by atoms with E-state index in [0.717, 1.165) is 43.1 Å². The second kappa shape index (κ2) is 4.93. The number of halogens is 2. The monoisotopic (exact) mass is 305 g/mol. The summed E-state index contributed by atoms with van der Waals surface area (Å²) < 4.78 is 26.6. The minimum atomic E-state index is -0.649. The largest absolute Gasteiger partial charge is 0.370 e. The molecule has 0 heterocycles. The molecule has 4 aliphatic rings. The van der Waals surface area contributed by atoms with Crippen LogP contribution in [0.25, 0.3) is 0 Å². The van der Waals surface area contributed by atoms with Crippen molar-refractivity contribution < 1.29 is 8.78 Å². The van der Waals surface area contributed by atoms with Crippen molar-refractivity contribution >= 4 is 11.6 Å². The van der Waals surface area contributed by atoms with Crippen LogP contribution in [0.4, 0.5) is 14.5 Å². The number of hydrogen-bond donors (Lipinski definition) is 2. The van der Waals surface area contributed by atoms with Crippen LogP contribution in [-0.2, 0) is 0 Å². The highest BCUT2D eigenvalue weighted by Crippen LogP contribution is 2.57. The van der Waals surface area contributed by atoms with Crippen molar-refractivity contribution in [3.05, 3.63) is 29.8 Å². The van der Waals surface area contributed by atoms with E-state index >= 15 is 0 Å². The zero-order valence-electron chi connectivity index (χ0n) is 12.5. The third-order valence-electron chi connectivity index (χ3n) is 5.56. The minimum Gasteiger partial charge on any atom is -0.370 e. The Labute approximate surface area is 129 Å². The Morgan fingerprint density at radius 3 is 2.23 bits per heavy atom. The summed E-state index contributed by atoms with van der Waals surface area (Å²) in [4.78, 5) is 4.75. The van der Waals surface area contributed by atoms with Gasteiger partial charge in [-0.1, -0.05) is 0 Å². The van der Waals surface area contributed by atoms with Crippen LogP contribution in [0.2, 0.25) is 0 Å². The molecule has 5 rings (SSSR count). The molecule has 3 N–H and O–H groups in total. The molecule has 0 unspecified atom stereocenters. The molecule has 0 spiro atoms. The second-order valence-electron chi connectivity index (χ2n) is 7.39. The lowest BCUT2D eigenvalue weighted by atomic mass is 9.53. The molecule has 0 radical (unpaired) electrons. The Hall–Kier alpha value is -1.65. The van der Waals surface area contributed by atoms with E-state index in [0.29, 0.717) is 0 Å². The lowest BCUT2D eigenvalue weighted by Gasteiger charge is -2.54. The van der Waals surface area contributed by atoms with E-state index in [4.69, 9.17) is 10.7 Å². The molecule has 1 aromatic carbocycles. The lowest BCUT2D eigenvalue weighted by Crippen LogP contribution is -2.50. The zero-order valence-corrected chi connectivity index (χ0v) is 12.5. The first-order valence-electron chi connectivity index (χ1n) is 8.09. The number of nitrogens with two attached hydrogens (primary N) is 1. The first kappa shape index (κ1) is 14.0. The number of nitrogens with zero attached hydrogens (tertiary/aromatic N) is 1. The van der Waals surface area contributed by atoms with E-state index in [2.05, 4.69) is 5.32 Å². The molecule has 3 nitrogen and oxygen atoms in total. The van der Waals surface area contributed by atoms with Crippen LogP contribution in [0.1, 0.15) is 38.5 Å². The fourth-order valence-electron chi connectivity index (χ4n) is 5.21. The van der Waals surface area contributed by atoms with Gasteiger partial charge in [-0.3, -0.25) is 0 Å². The molecule has 0 saturated heterocycles. The SMILES string of the molecule is NC(=NC12CC3CC(CC(C3)C1)C2)Nc1ccc(F)cc1F. The number of anilines is 1. The Bertz CT molecular complexity index is 591. The van der Waals surface area contributed by atoms with Gasteiger partial charge in [0.1, 0.15) is 11.6 Å². The van der Waals surface area contributed by atoms with E-state index in [1.807, 2.05) is 0 Å². The Morgan fingerprint density at radius 1 is 1.09 bits per heavy atom. The second-order valence-corrected chi connectivity index (χ2v) is 7.39. The molecule has 0 atom stereocenters.